The molecule has 7 heteroatoms. The van der Waals surface area contributed by atoms with E-state index in [1.807, 2.05) is 0 Å². The molecule has 1 atom stereocenters. The van der Waals surface area contributed by atoms with Crippen LogP contribution in [-0.4, -0.2) is 53.1 Å². The molecule has 18 heavy (non-hydrogen) atoms. The summed E-state index contributed by atoms with van der Waals surface area (Å²) in [6.07, 6.45) is -0.501. The number of amides is 1. The van der Waals surface area contributed by atoms with Crippen molar-refractivity contribution >= 4 is 17.8 Å². The van der Waals surface area contributed by atoms with Crippen LogP contribution in [0.1, 0.15) is 27.2 Å². The molecule has 0 aromatic heterocycles. The summed E-state index contributed by atoms with van der Waals surface area (Å²) < 4.78 is 5.16. The van der Waals surface area contributed by atoms with Gasteiger partial charge in [0, 0.05) is 6.42 Å². The number of hydrogen-bond donors (Lipinski definition) is 1. The Morgan fingerprint density at radius 2 is 2.06 bits per heavy atom. The molecule has 0 bridgehead atoms. The summed E-state index contributed by atoms with van der Waals surface area (Å²) in [4.78, 5) is 28.7. The van der Waals surface area contributed by atoms with Crippen LogP contribution in [0.4, 0.5) is 4.79 Å². The molecule has 0 saturated carbocycles. The quantitative estimate of drug-likeness (QED) is 0.749. The molecule has 1 rings (SSSR count). The molecule has 0 aromatic carbocycles. The predicted molar refractivity (Wildman–Crippen MR) is 63.4 cm³/mol. The van der Waals surface area contributed by atoms with Crippen LogP contribution >= 0.6 is 0 Å². The zero-order valence-corrected chi connectivity index (χ0v) is 11.0. The Hall–Kier alpha value is -1.79. The molecule has 1 aliphatic rings. The van der Waals surface area contributed by atoms with Crippen LogP contribution in [0.3, 0.4) is 0 Å². The highest BCUT2D eigenvalue weighted by Crippen LogP contribution is 2.20. The second-order valence-corrected chi connectivity index (χ2v) is 5.01. The van der Waals surface area contributed by atoms with Crippen LogP contribution in [0.5, 0.6) is 0 Å². The van der Waals surface area contributed by atoms with Crippen molar-refractivity contribution in [2.24, 2.45) is 5.16 Å². The lowest BCUT2D eigenvalue weighted by Gasteiger charge is -2.26. The van der Waals surface area contributed by atoms with E-state index in [9.17, 15) is 9.59 Å². The van der Waals surface area contributed by atoms with Crippen molar-refractivity contribution in [1.29, 1.82) is 0 Å². The van der Waals surface area contributed by atoms with Crippen molar-refractivity contribution < 1.29 is 24.3 Å². The Labute approximate surface area is 105 Å². The molecule has 102 valence electrons. The Kier molecular flexibility index (Phi) is 4.15. The zero-order chi connectivity index (χ0) is 13.9. The highest BCUT2D eigenvalue weighted by molar-refractivity contribution is 5.98. The minimum absolute atomic E-state index is 0.111. The van der Waals surface area contributed by atoms with Crippen molar-refractivity contribution in [3.8, 4) is 0 Å². The van der Waals surface area contributed by atoms with E-state index in [1.54, 1.807) is 20.8 Å². The fourth-order valence-electron chi connectivity index (χ4n) is 1.63. The van der Waals surface area contributed by atoms with E-state index < -0.39 is 23.7 Å². The molecule has 0 radical (unpaired) electrons. The van der Waals surface area contributed by atoms with Gasteiger partial charge in [-0.15, -0.1) is 0 Å². The van der Waals surface area contributed by atoms with Gasteiger partial charge in [-0.2, -0.15) is 0 Å². The molecule has 1 unspecified atom stereocenters. The van der Waals surface area contributed by atoms with Crippen LogP contribution in [0.25, 0.3) is 0 Å². The maximum atomic E-state index is 11.9. The van der Waals surface area contributed by atoms with Crippen LogP contribution < -0.4 is 0 Å². The van der Waals surface area contributed by atoms with Gasteiger partial charge in [0.05, 0.1) is 12.3 Å². The van der Waals surface area contributed by atoms with Gasteiger partial charge in [0.1, 0.15) is 18.8 Å². The molecule has 1 heterocycles. The molecule has 1 saturated heterocycles. The summed E-state index contributed by atoms with van der Waals surface area (Å²) in [7, 11) is 1.37. The summed E-state index contributed by atoms with van der Waals surface area (Å²) in [6.45, 7) is 5.28. The second-order valence-electron chi connectivity index (χ2n) is 5.01. The number of carboxylic acid groups (broad SMARTS) is 1. The standard InChI is InChI=1S/C11H18N2O5/c1-11(2,3)18-10(16)13-6-7(12-17-4)5-8(13)9(14)15/h8H,5-6H2,1-4H3,(H,14,15)/b12-7+. The van der Waals surface area contributed by atoms with Gasteiger partial charge in [-0.1, -0.05) is 5.16 Å². The van der Waals surface area contributed by atoms with E-state index in [4.69, 9.17) is 9.84 Å². The van der Waals surface area contributed by atoms with E-state index in [0.29, 0.717) is 5.71 Å². The number of aliphatic carboxylic acids is 1. The lowest BCUT2D eigenvalue weighted by Crippen LogP contribution is -2.43. The highest BCUT2D eigenvalue weighted by Gasteiger charge is 2.40. The summed E-state index contributed by atoms with van der Waals surface area (Å²) in [6, 6.07) is -0.950. The van der Waals surface area contributed by atoms with Crippen molar-refractivity contribution in [1.82, 2.24) is 4.90 Å². The van der Waals surface area contributed by atoms with Crippen molar-refractivity contribution in [2.75, 3.05) is 13.7 Å². The fraction of sp³-hybridized carbons (Fsp3) is 0.727. The van der Waals surface area contributed by atoms with Crippen molar-refractivity contribution in [3.63, 3.8) is 0 Å². The van der Waals surface area contributed by atoms with E-state index >= 15 is 0 Å². The van der Waals surface area contributed by atoms with Crippen molar-refractivity contribution in [3.05, 3.63) is 0 Å². The molecule has 1 fully saturated rings. The number of carbonyl (C=O) groups is 2. The van der Waals surface area contributed by atoms with E-state index in [1.165, 1.54) is 7.11 Å². The number of ether oxygens (including phenoxy) is 1. The Morgan fingerprint density at radius 1 is 1.44 bits per heavy atom. The summed E-state index contributed by atoms with van der Waals surface area (Å²) >= 11 is 0. The summed E-state index contributed by atoms with van der Waals surface area (Å²) in [5.41, 5.74) is -0.155. The number of oxime groups is 1. The zero-order valence-electron chi connectivity index (χ0n) is 11.0. The van der Waals surface area contributed by atoms with E-state index in [-0.39, 0.29) is 13.0 Å². The van der Waals surface area contributed by atoms with Gasteiger partial charge in [-0.25, -0.2) is 9.59 Å². The van der Waals surface area contributed by atoms with Gasteiger partial charge >= 0.3 is 12.1 Å². The van der Waals surface area contributed by atoms with Crippen LogP contribution in [-0.2, 0) is 14.4 Å². The van der Waals surface area contributed by atoms with Crippen LogP contribution in [0, 0.1) is 0 Å². The molecular formula is C11H18N2O5. The largest absolute Gasteiger partial charge is 0.480 e. The third-order valence-corrected chi connectivity index (χ3v) is 2.29. The van der Waals surface area contributed by atoms with Crippen LogP contribution in [0.2, 0.25) is 0 Å². The first kappa shape index (κ1) is 14.3. The lowest BCUT2D eigenvalue weighted by molar-refractivity contribution is -0.142. The Bertz CT molecular complexity index is 372. The van der Waals surface area contributed by atoms with Crippen LogP contribution in [0.15, 0.2) is 5.16 Å². The fourth-order valence-corrected chi connectivity index (χ4v) is 1.63. The van der Waals surface area contributed by atoms with Gasteiger partial charge in [-0.05, 0) is 20.8 Å². The van der Waals surface area contributed by atoms with Gasteiger partial charge in [-0.3, -0.25) is 4.90 Å². The predicted octanol–water partition coefficient (Wildman–Crippen LogP) is 1.08. The summed E-state index contributed by atoms with van der Waals surface area (Å²) in [5.74, 6) is -1.08. The lowest BCUT2D eigenvalue weighted by atomic mass is 10.2. The Morgan fingerprint density at radius 3 is 2.50 bits per heavy atom. The molecule has 0 aliphatic carbocycles. The average Bonchev–Trinajstić information content (AvgIpc) is 2.59. The number of likely N-dealkylation sites (tertiary alicyclic amines) is 1. The third kappa shape index (κ3) is 3.61. The smallest absolute Gasteiger partial charge is 0.411 e. The SMILES string of the molecule is CO/N=C1\CC(C(=O)O)N(C(=O)OC(C)(C)C)C1. The number of carboxylic acids is 1. The molecule has 1 aliphatic heterocycles. The minimum atomic E-state index is -1.08. The maximum Gasteiger partial charge on any atom is 0.411 e. The molecule has 1 N–H and O–H groups in total. The third-order valence-electron chi connectivity index (χ3n) is 2.29. The van der Waals surface area contributed by atoms with E-state index in [2.05, 4.69) is 9.99 Å². The first-order valence-corrected chi connectivity index (χ1v) is 5.56. The normalized spacial score (nSPS) is 22.1. The minimum Gasteiger partial charge on any atom is -0.480 e. The number of hydrogen-bond acceptors (Lipinski definition) is 5. The summed E-state index contributed by atoms with van der Waals surface area (Å²) in [5, 5.41) is 12.8. The molecule has 7 nitrogen and oxygen atoms in total. The monoisotopic (exact) mass is 258 g/mol. The molecule has 0 aromatic rings. The molecular weight excluding hydrogens is 240 g/mol. The molecule has 0 spiro atoms. The molecule has 1 amide bonds. The van der Waals surface area contributed by atoms with Gasteiger partial charge in [0.25, 0.3) is 0 Å². The number of rotatable bonds is 2. The van der Waals surface area contributed by atoms with Gasteiger partial charge in [0.2, 0.25) is 0 Å². The van der Waals surface area contributed by atoms with Crippen molar-refractivity contribution in [2.45, 2.75) is 38.8 Å². The van der Waals surface area contributed by atoms with Gasteiger partial charge in [0.15, 0.2) is 0 Å². The maximum absolute atomic E-state index is 11.9. The topological polar surface area (TPSA) is 88.4 Å². The second kappa shape index (κ2) is 5.24. The first-order valence-electron chi connectivity index (χ1n) is 5.56. The average molecular weight is 258 g/mol. The Balaban J connectivity index is 2.82. The first-order chi connectivity index (χ1) is 8.24. The van der Waals surface area contributed by atoms with E-state index in [0.717, 1.165) is 4.90 Å². The van der Waals surface area contributed by atoms with Gasteiger partial charge < -0.3 is 14.7 Å². The number of carbonyl (C=O) groups excluding carboxylic acids is 1. The number of nitrogens with zero attached hydrogens (tertiary/aromatic N) is 2. The highest BCUT2D eigenvalue weighted by atomic mass is 16.6.